The molecule has 0 saturated carbocycles. The third kappa shape index (κ3) is 6.68. The zero-order chi connectivity index (χ0) is 20.7. The fourth-order valence-corrected chi connectivity index (χ4v) is 4.16. The smallest absolute Gasteiger partial charge is 0.222 e. The number of amides is 1. The number of carbonyl (C=O) groups excluding carboxylic acids is 1. The van der Waals surface area contributed by atoms with Gasteiger partial charge in [0, 0.05) is 26.1 Å². The van der Waals surface area contributed by atoms with Gasteiger partial charge in [-0.2, -0.15) is 11.3 Å². The average Bonchev–Trinajstić information content (AvgIpc) is 3.38. The van der Waals surface area contributed by atoms with Crippen LogP contribution in [0.2, 0.25) is 0 Å². The van der Waals surface area contributed by atoms with Gasteiger partial charge in [-0.05, 0) is 53.8 Å². The lowest BCUT2D eigenvalue weighted by atomic mass is 9.99. The molecule has 1 atom stereocenters. The van der Waals surface area contributed by atoms with Gasteiger partial charge in [-0.25, -0.2) is 4.99 Å². The Morgan fingerprint density at radius 1 is 1.27 bits per heavy atom. The molecule has 1 fully saturated rings. The molecule has 6 nitrogen and oxygen atoms in total. The number of aliphatic imine (C=N–C) groups is 1. The summed E-state index contributed by atoms with van der Waals surface area (Å²) in [5.74, 6) is 0.893. The Balaban J connectivity index is 0.00000320. The molecule has 1 aliphatic heterocycles. The highest BCUT2D eigenvalue weighted by molar-refractivity contribution is 14.0. The molecular formula is C22H31IN4O2S. The summed E-state index contributed by atoms with van der Waals surface area (Å²) in [4.78, 5) is 18.6. The van der Waals surface area contributed by atoms with Crippen LogP contribution in [0.1, 0.15) is 43.4 Å². The third-order valence-corrected chi connectivity index (χ3v) is 5.83. The van der Waals surface area contributed by atoms with Crippen molar-refractivity contribution >= 4 is 47.2 Å². The van der Waals surface area contributed by atoms with Crippen molar-refractivity contribution < 1.29 is 9.90 Å². The number of carbonyl (C=O) groups is 1. The van der Waals surface area contributed by atoms with E-state index in [4.69, 9.17) is 4.99 Å². The molecule has 1 unspecified atom stereocenters. The highest BCUT2D eigenvalue weighted by Crippen LogP contribution is 2.22. The molecule has 30 heavy (non-hydrogen) atoms. The lowest BCUT2D eigenvalue weighted by molar-refractivity contribution is -0.128. The zero-order valence-electron chi connectivity index (χ0n) is 17.6. The summed E-state index contributed by atoms with van der Waals surface area (Å²) < 4.78 is 0. The minimum atomic E-state index is -0.968. The van der Waals surface area contributed by atoms with Crippen molar-refractivity contribution in [3.05, 3.63) is 57.8 Å². The van der Waals surface area contributed by atoms with Crippen LogP contribution in [0.15, 0.2) is 46.1 Å². The molecule has 0 aliphatic carbocycles. The van der Waals surface area contributed by atoms with Gasteiger partial charge in [0.25, 0.3) is 0 Å². The summed E-state index contributed by atoms with van der Waals surface area (Å²) in [6, 6.07) is 10.1. The zero-order valence-corrected chi connectivity index (χ0v) is 20.7. The van der Waals surface area contributed by atoms with Crippen LogP contribution in [0.4, 0.5) is 0 Å². The Hall–Kier alpha value is -1.65. The average molecular weight is 542 g/mol. The molecule has 2 aromatic rings. The van der Waals surface area contributed by atoms with Crippen LogP contribution < -0.4 is 10.6 Å². The number of nitrogens with one attached hydrogen (secondary N) is 2. The molecule has 164 valence electrons. The number of nitrogens with zero attached hydrogens (tertiary/aromatic N) is 2. The van der Waals surface area contributed by atoms with Gasteiger partial charge in [-0.15, -0.1) is 24.0 Å². The SMILES string of the molecule is CCNC(=NCc1ccccc1CN1CCCC1=O)NCC(C)(O)c1ccsc1.I. The van der Waals surface area contributed by atoms with Gasteiger partial charge in [-0.3, -0.25) is 4.79 Å². The van der Waals surface area contributed by atoms with E-state index < -0.39 is 5.60 Å². The van der Waals surface area contributed by atoms with E-state index in [-0.39, 0.29) is 29.9 Å². The van der Waals surface area contributed by atoms with Gasteiger partial charge < -0.3 is 20.6 Å². The molecule has 0 radical (unpaired) electrons. The van der Waals surface area contributed by atoms with Crippen molar-refractivity contribution in [2.24, 2.45) is 4.99 Å². The van der Waals surface area contributed by atoms with E-state index in [0.29, 0.717) is 32.0 Å². The molecule has 1 aliphatic rings. The fourth-order valence-electron chi connectivity index (χ4n) is 3.38. The van der Waals surface area contributed by atoms with Gasteiger partial charge >= 0.3 is 0 Å². The van der Waals surface area contributed by atoms with Crippen molar-refractivity contribution in [2.45, 2.75) is 45.4 Å². The number of halogens is 1. The number of guanidine groups is 1. The number of rotatable bonds is 8. The summed E-state index contributed by atoms with van der Waals surface area (Å²) in [5, 5.41) is 21.1. The molecule has 0 spiro atoms. The molecule has 1 saturated heterocycles. The van der Waals surface area contributed by atoms with Crippen molar-refractivity contribution in [2.75, 3.05) is 19.6 Å². The van der Waals surface area contributed by atoms with E-state index in [1.807, 2.05) is 40.8 Å². The van der Waals surface area contributed by atoms with Gasteiger partial charge in [0.2, 0.25) is 5.91 Å². The number of benzene rings is 1. The summed E-state index contributed by atoms with van der Waals surface area (Å²) in [7, 11) is 0. The van der Waals surface area contributed by atoms with Gasteiger partial charge in [-0.1, -0.05) is 24.3 Å². The van der Waals surface area contributed by atoms with Crippen LogP contribution in [0.3, 0.4) is 0 Å². The summed E-state index contributed by atoms with van der Waals surface area (Å²) in [6.45, 7) is 6.89. The van der Waals surface area contributed by atoms with E-state index >= 15 is 0 Å². The first-order chi connectivity index (χ1) is 14.0. The first-order valence-electron chi connectivity index (χ1n) is 10.1. The van der Waals surface area contributed by atoms with Gasteiger partial charge in [0.05, 0.1) is 13.1 Å². The first kappa shape index (κ1) is 24.6. The molecule has 3 rings (SSSR count). The van der Waals surface area contributed by atoms with E-state index in [0.717, 1.165) is 36.2 Å². The minimum Gasteiger partial charge on any atom is -0.384 e. The van der Waals surface area contributed by atoms with E-state index in [1.54, 1.807) is 18.3 Å². The number of likely N-dealkylation sites (tertiary alicyclic amines) is 1. The normalized spacial score (nSPS) is 16.2. The maximum atomic E-state index is 12.0. The molecule has 2 heterocycles. The Morgan fingerprint density at radius 2 is 2.03 bits per heavy atom. The largest absolute Gasteiger partial charge is 0.384 e. The van der Waals surface area contributed by atoms with Crippen LogP contribution in [0, 0.1) is 0 Å². The van der Waals surface area contributed by atoms with Crippen LogP contribution >= 0.6 is 35.3 Å². The molecular weight excluding hydrogens is 511 g/mol. The van der Waals surface area contributed by atoms with Crippen LogP contribution in [0.25, 0.3) is 0 Å². The Labute approximate surface area is 199 Å². The highest BCUT2D eigenvalue weighted by atomic mass is 127. The molecule has 1 amide bonds. The Morgan fingerprint density at radius 3 is 2.67 bits per heavy atom. The van der Waals surface area contributed by atoms with Crippen molar-refractivity contribution in [3.63, 3.8) is 0 Å². The predicted octanol–water partition coefficient (Wildman–Crippen LogP) is 3.45. The van der Waals surface area contributed by atoms with Crippen LogP contribution in [-0.2, 0) is 23.5 Å². The van der Waals surface area contributed by atoms with E-state index in [1.165, 1.54) is 0 Å². The Bertz CT molecular complexity index is 839. The van der Waals surface area contributed by atoms with E-state index in [9.17, 15) is 9.90 Å². The highest BCUT2D eigenvalue weighted by Gasteiger charge is 2.24. The topological polar surface area (TPSA) is 77.0 Å². The quantitative estimate of drug-likeness (QED) is 0.272. The molecule has 0 bridgehead atoms. The second-order valence-electron chi connectivity index (χ2n) is 7.52. The summed E-state index contributed by atoms with van der Waals surface area (Å²) >= 11 is 1.57. The molecule has 1 aromatic carbocycles. The summed E-state index contributed by atoms with van der Waals surface area (Å²) in [5.41, 5.74) is 2.16. The second kappa shape index (κ2) is 11.7. The van der Waals surface area contributed by atoms with Gasteiger partial charge in [0.1, 0.15) is 5.60 Å². The molecule has 8 heteroatoms. The van der Waals surface area contributed by atoms with Crippen LogP contribution in [-0.4, -0.2) is 41.5 Å². The summed E-state index contributed by atoms with van der Waals surface area (Å²) in [6.07, 6.45) is 1.59. The van der Waals surface area contributed by atoms with Crippen LogP contribution in [0.5, 0.6) is 0 Å². The lowest BCUT2D eigenvalue weighted by Gasteiger charge is -2.24. The number of aliphatic hydroxyl groups is 1. The van der Waals surface area contributed by atoms with Crippen molar-refractivity contribution in [1.82, 2.24) is 15.5 Å². The Kier molecular flexibility index (Phi) is 9.57. The monoisotopic (exact) mass is 542 g/mol. The maximum absolute atomic E-state index is 12.0. The molecule has 3 N–H and O–H groups in total. The predicted molar refractivity (Wildman–Crippen MR) is 133 cm³/mol. The lowest BCUT2D eigenvalue weighted by Crippen LogP contribution is -2.44. The van der Waals surface area contributed by atoms with Gasteiger partial charge in [0.15, 0.2) is 5.96 Å². The van der Waals surface area contributed by atoms with E-state index in [2.05, 4.69) is 22.8 Å². The number of thiophene rings is 1. The third-order valence-electron chi connectivity index (χ3n) is 5.15. The van der Waals surface area contributed by atoms with Crippen molar-refractivity contribution in [3.8, 4) is 0 Å². The fraction of sp³-hybridized carbons (Fsp3) is 0.455. The number of hydrogen-bond donors (Lipinski definition) is 3. The maximum Gasteiger partial charge on any atom is 0.222 e. The molecule has 1 aromatic heterocycles. The number of hydrogen-bond acceptors (Lipinski definition) is 4. The standard InChI is InChI=1S/C22H30N4O2S.HI/c1-3-23-21(25-16-22(2,28)19-10-12-29-15-19)24-13-17-7-4-5-8-18(17)14-26-11-6-9-20(26)27;/h4-5,7-8,10,12,15,28H,3,6,9,11,13-14,16H2,1-2H3,(H2,23,24,25);1H. The first-order valence-corrected chi connectivity index (χ1v) is 11.1. The second-order valence-corrected chi connectivity index (χ2v) is 8.30. The minimum absolute atomic E-state index is 0. The van der Waals surface area contributed by atoms with Crippen molar-refractivity contribution in [1.29, 1.82) is 0 Å².